The van der Waals surface area contributed by atoms with Crippen molar-refractivity contribution in [3.63, 3.8) is 0 Å². The van der Waals surface area contributed by atoms with E-state index in [9.17, 15) is 0 Å². The quantitative estimate of drug-likeness (QED) is 0.401. The van der Waals surface area contributed by atoms with E-state index < -0.39 is 0 Å². The molecule has 0 aromatic heterocycles. The SMILES string of the molecule is CC(NC(N)=NCC1CN(C)CCO1)c1ccc(Cl)cc1Cl.I. The van der Waals surface area contributed by atoms with Crippen LogP contribution in [-0.4, -0.2) is 50.3 Å². The second-order valence-corrected chi connectivity index (χ2v) is 6.36. The molecule has 1 fully saturated rings. The number of nitrogens with one attached hydrogen (secondary N) is 1. The van der Waals surface area contributed by atoms with Crippen LogP contribution in [0.2, 0.25) is 10.0 Å². The molecule has 0 saturated carbocycles. The summed E-state index contributed by atoms with van der Waals surface area (Å²) < 4.78 is 5.65. The zero-order valence-electron chi connectivity index (χ0n) is 13.3. The van der Waals surface area contributed by atoms with Gasteiger partial charge < -0.3 is 20.7 Å². The van der Waals surface area contributed by atoms with Gasteiger partial charge in [-0.2, -0.15) is 0 Å². The maximum Gasteiger partial charge on any atom is 0.189 e. The lowest BCUT2D eigenvalue weighted by molar-refractivity contribution is -0.0136. The number of halogens is 3. The predicted molar refractivity (Wildman–Crippen MR) is 107 cm³/mol. The Balaban J connectivity index is 0.00000264. The minimum absolute atomic E-state index is 0. The number of morpholine rings is 1. The van der Waals surface area contributed by atoms with Crippen LogP contribution in [0.4, 0.5) is 0 Å². The van der Waals surface area contributed by atoms with Crippen LogP contribution in [0.15, 0.2) is 23.2 Å². The number of nitrogens with zero attached hydrogens (tertiary/aromatic N) is 2. The third kappa shape index (κ3) is 6.62. The van der Waals surface area contributed by atoms with Crippen LogP contribution in [0.25, 0.3) is 0 Å². The summed E-state index contributed by atoms with van der Waals surface area (Å²) in [6.07, 6.45) is 0.0912. The molecule has 0 bridgehead atoms. The normalized spacial score (nSPS) is 20.7. The molecule has 23 heavy (non-hydrogen) atoms. The highest BCUT2D eigenvalue weighted by molar-refractivity contribution is 14.0. The third-order valence-electron chi connectivity index (χ3n) is 3.60. The standard InChI is InChI=1S/C15H22Cl2N4O.HI/c1-10(13-4-3-11(16)7-14(13)17)20-15(18)19-8-12-9-21(2)5-6-22-12;/h3-4,7,10,12H,5-6,8-9H2,1-2H3,(H3,18,19,20);1H. The molecule has 2 rings (SSSR count). The van der Waals surface area contributed by atoms with Crippen molar-refractivity contribution in [2.75, 3.05) is 33.3 Å². The summed E-state index contributed by atoms with van der Waals surface area (Å²) in [5.41, 5.74) is 6.87. The fourth-order valence-corrected chi connectivity index (χ4v) is 2.95. The van der Waals surface area contributed by atoms with E-state index in [0.29, 0.717) is 22.5 Å². The molecule has 1 aromatic rings. The Morgan fingerprint density at radius 3 is 2.91 bits per heavy atom. The maximum absolute atomic E-state index is 6.19. The number of likely N-dealkylation sites (N-methyl/N-ethyl adjacent to an activating group) is 1. The molecule has 0 radical (unpaired) electrons. The fraction of sp³-hybridized carbons (Fsp3) is 0.533. The average molecular weight is 473 g/mol. The van der Waals surface area contributed by atoms with Crippen LogP contribution >= 0.6 is 47.2 Å². The summed E-state index contributed by atoms with van der Waals surface area (Å²) in [5.74, 6) is 0.385. The van der Waals surface area contributed by atoms with E-state index in [1.807, 2.05) is 13.0 Å². The third-order valence-corrected chi connectivity index (χ3v) is 4.16. The first-order valence-electron chi connectivity index (χ1n) is 7.27. The van der Waals surface area contributed by atoms with Crippen molar-refractivity contribution in [1.82, 2.24) is 10.2 Å². The van der Waals surface area contributed by atoms with Gasteiger partial charge in [0.05, 0.1) is 25.3 Å². The Morgan fingerprint density at radius 1 is 1.52 bits per heavy atom. The van der Waals surface area contributed by atoms with Crippen LogP contribution < -0.4 is 11.1 Å². The van der Waals surface area contributed by atoms with Crippen molar-refractivity contribution < 1.29 is 4.74 Å². The lowest BCUT2D eigenvalue weighted by Gasteiger charge is -2.29. The van der Waals surface area contributed by atoms with Crippen LogP contribution in [0.1, 0.15) is 18.5 Å². The molecule has 1 aliphatic rings. The molecular formula is C15H23Cl2IN4O. The molecule has 0 aliphatic carbocycles. The molecule has 2 atom stereocenters. The smallest absolute Gasteiger partial charge is 0.189 e. The van der Waals surface area contributed by atoms with Crippen LogP contribution in [-0.2, 0) is 4.74 Å². The molecule has 130 valence electrons. The van der Waals surface area contributed by atoms with Gasteiger partial charge in [0.1, 0.15) is 0 Å². The number of hydrogen-bond acceptors (Lipinski definition) is 3. The van der Waals surface area contributed by atoms with Crippen LogP contribution in [0, 0.1) is 0 Å². The van der Waals surface area contributed by atoms with E-state index >= 15 is 0 Å². The van der Waals surface area contributed by atoms with Gasteiger partial charge in [-0.05, 0) is 31.7 Å². The number of guanidine groups is 1. The highest BCUT2D eigenvalue weighted by Crippen LogP contribution is 2.25. The largest absolute Gasteiger partial charge is 0.374 e. The monoisotopic (exact) mass is 472 g/mol. The number of nitrogens with two attached hydrogens (primary N) is 1. The van der Waals surface area contributed by atoms with Crippen molar-refractivity contribution in [1.29, 1.82) is 0 Å². The summed E-state index contributed by atoms with van der Waals surface area (Å²) in [7, 11) is 2.07. The summed E-state index contributed by atoms with van der Waals surface area (Å²) in [5, 5.41) is 4.36. The molecule has 8 heteroatoms. The molecule has 1 saturated heterocycles. The van der Waals surface area contributed by atoms with E-state index in [0.717, 1.165) is 25.3 Å². The van der Waals surface area contributed by atoms with E-state index in [1.165, 1.54) is 0 Å². The molecule has 0 spiro atoms. The van der Waals surface area contributed by atoms with Gasteiger partial charge in [-0.1, -0.05) is 29.3 Å². The minimum atomic E-state index is -0.0523. The maximum atomic E-state index is 6.19. The van der Waals surface area contributed by atoms with Crippen molar-refractivity contribution in [2.24, 2.45) is 10.7 Å². The molecule has 3 N–H and O–H groups in total. The van der Waals surface area contributed by atoms with Crippen LogP contribution in [0.3, 0.4) is 0 Å². The Hall–Kier alpha value is -0.280. The minimum Gasteiger partial charge on any atom is -0.374 e. The Labute approximate surface area is 164 Å². The summed E-state index contributed by atoms with van der Waals surface area (Å²) >= 11 is 12.1. The Bertz CT molecular complexity index is 544. The second kappa shape index (κ2) is 9.88. The summed E-state index contributed by atoms with van der Waals surface area (Å²) in [6, 6.07) is 5.35. The molecule has 0 amide bonds. The van der Waals surface area contributed by atoms with E-state index in [4.69, 9.17) is 33.7 Å². The van der Waals surface area contributed by atoms with E-state index in [-0.39, 0.29) is 36.1 Å². The Kier molecular flexibility index (Phi) is 8.92. The first kappa shape index (κ1) is 20.8. The van der Waals surface area contributed by atoms with E-state index in [2.05, 4.69) is 22.3 Å². The first-order valence-corrected chi connectivity index (χ1v) is 8.03. The van der Waals surface area contributed by atoms with Gasteiger partial charge in [0.2, 0.25) is 0 Å². The Morgan fingerprint density at radius 2 is 2.26 bits per heavy atom. The van der Waals surface area contributed by atoms with Crippen molar-refractivity contribution >= 4 is 53.1 Å². The van der Waals surface area contributed by atoms with Gasteiger partial charge in [-0.3, -0.25) is 4.99 Å². The fourth-order valence-electron chi connectivity index (χ4n) is 2.38. The van der Waals surface area contributed by atoms with Gasteiger partial charge in [0.25, 0.3) is 0 Å². The lowest BCUT2D eigenvalue weighted by atomic mass is 10.1. The average Bonchev–Trinajstić information content (AvgIpc) is 2.45. The molecular weight excluding hydrogens is 450 g/mol. The molecule has 2 unspecified atom stereocenters. The van der Waals surface area contributed by atoms with Crippen molar-refractivity contribution in [3.8, 4) is 0 Å². The van der Waals surface area contributed by atoms with Gasteiger partial charge in [0.15, 0.2) is 5.96 Å². The number of aliphatic imine (C=N–C) groups is 1. The molecule has 1 aliphatic heterocycles. The zero-order chi connectivity index (χ0) is 16.1. The molecule has 1 heterocycles. The highest BCUT2D eigenvalue weighted by atomic mass is 127. The number of ether oxygens (including phenoxy) is 1. The first-order chi connectivity index (χ1) is 10.5. The molecule has 1 aromatic carbocycles. The number of benzene rings is 1. The highest BCUT2D eigenvalue weighted by Gasteiger charge is 2.17. The topological polar surface area (TPSA) is 62.9 Å². The predicted octanol–water partition coefficient (Wildman–Crippen LogP) is 2.91. The van der Waals surface area contributed by atoms with Gasteiger partial charge >= 0.3 is 0 Å². The summed E-state index contributed by atoms with van der Waals surface area (Å²) in [6.45, 7) is 5.09. The van der Waals surface area contributed by atoms with Gasteiger partial charge in [0, 0.05) is 23.1 Å². The van der Waals surface area contributed by atoms with Crippen molar-refractivity contribution in [2.45, 2.75) is 19.1 Å². The lowest BCUT2D eigenvalue weighted by Crippen LogP contribution is -2.42. The number of hydrogen-bond donors (Lipinski definition) is 2. The van der Waals surface area contributed by atoms with E-state index in [1.54, 1.807) is 12.1 Å². The van der Waals surface area contributed by atoms with Crippen LogP contribution in [0.5, 0.6) is 0 Å². The zero-order valence-corrected chi connectivity index (χ0v) is 17.1. The number of rotatable bonds is 4. The summed E-state index contributed by atoms with van der Waals surface area (Å²) in [4.78, 5) is 6.58. The van der Waals surface area contributed by atoms with Gasteiger partial charge in [-0.15, -0.1) is 24.0 Å². The van der Waals surface area contributed by atoms with Gasteiger partial charge in [-0.25, -0.2) is 0 Å². The van der Waals surface area contributed by atoms with Crippen molar-refractivity contribution in [3.05, 3.63) is 33.8 Å². The second-order valence-electron chi connectivity index (χ2n) is 5.51. The molecule has 5 nitrogen and oxygen atoms in total.